The lowest BCUT2D eigenvalue weighted by Crippen LogP contribution is -2.13. The second-order valence-electron chi connectivity index (χ2n) is 12.9. The highest BCUT2D eigenvalue weighted by atomic mass is 16.1. The summed E-state index contributed by atoms with van der Waals surface area (Å²) in [6.45, 7) is 0. The standard InChI is InChI=1S/C43H22N4O/c48-42-28-14-4-3-13-26(28)38-36-30(42)16-9-17-33(36)44-43(45-38)47-39-24-11-2-1-10-23(24)20-21-27(39)32-22-31-25-12-5-7-18-34(25)46-35-19-8-6-15-29(35)37(40(31)46)41(32)47/h1-22H. The van der Waals surface area contributed by atoms with Gasteiger partial charge in [0.25, 0.3) is 0 Å². The number of hydrogen-bond acceptors (Lipinski definition) is 3. The highest BCUT2D eigenvalue weighted by Gasteiger charge is 2.30. The van der Waals surface area contributed by atoms with Crippen LogP contribution in [0.2, 0.25) is 0 Å². The Balaban J connectivity index is 1.37. The molecule has 48 heavy (non-hydrogen) atoms. The Morgan fingerprint density at radius 3 is 2.02 bits per heavy atom. The summed E-state index contributed by atoms with van der Waals surface area (Å²) in [6, 6.07) is 46.5. The number of carbonyl (C=O) groups is 1. The van der Waals surface area contributed by atoms with Crippen LogP contribution in [-0.2, 0) is 0 Å². The molecule has 7 aromatic carbocycles. The van der Waals surface area contributed by atoms with Gasteiger partial charge in [0.2, 0.25) is 5.95 Å². The summed E-state index contributed by atoms with van der Waals surface area (Å²) < 4.78 is 4.72. The van der Waals surface area contributed by atoms with Crippen LogP contribution in [-0.4, -0.2) is 24.7 Å². The van der Waals surface area contributed by atoms with Gasteiger partial charge < -0.3 is 4.40 Å². The topological polar surface area (TPSA) is 52.2 Å². The maximum atomic E-state index is 13.6. The number of benzene rings is 7. The molecule has 0 bridgehead atoms. The number of para-hydroxylation sites is 2. The molecule has 0 fully saturated rings. The van der Waals surface area contributed by atoms with Crippen LogP contribution in [0.1, 0.15) is 15.9 Å². The molecule has 0 radical (unpaired) electrons. The van der Waals surface area contributed by atoms with Gasteiger partial charge in [0.1, 0.15) is 0 Å². The fourth-order valence-electron chi connectivity index (χ4n) is 8.65. The monoisotopic (exact) mass is 610 g/mol. The molecule has 220 valence electrons. The van der Waals surface area contributed by atoms with Gasteiger partial charge in [-0.25, -0.2) is 9.97 Å². The third-order valence-corrected chi connectivity index (χ3v) is 10.6. The van der Waals surface area contributed by atoms with Crippen LogP contribution in [0.4, 0.5) is 0 Å². The molecule has 0 amide bonds. The summed E-state index contributed by atoms with van der Waals surface area (Å²) in [5, 5.41) is 10.3. The quantitative estimate of drug-likeness (QED) is 0.186. The fourth-order valence-corrected chi connectivity index (χ4v) is 8.65. The van der Waals surface area contributed by atoms with Crippen molar-refractivity contribution in [3.63, 3.8) is 0 Å². The Labute approximate surface area is 272 Å². The number of aromatic nitrogens is 4. The largest absolute Gasteiger partial charge is 0.308 e. The molecule has 0 unspecified atom stereocenters. The molecule has 1 aliphatic carbocycles. The minimum Gasteiger partial charge on any atom is -0.308 e. The Bertz CT molecular complexity index is 3250. The van der Waals surface area contributed by atoms with Crippen LogP contribution < -0.4 is 0 Å². The molecule has 12 rings (SSSR count). The van der Waals surface area contributed by atoms with Crippen LogP contribution in [0.5, 0.6) is 0 Å². The van der Waals surface area contributed by atoms with Crippen molar-refractivity contribution in [2.75, 3.05) is 0 Å². The summed E-state index contributed by atoms with van der Waals surface area (Å²) in [6.07, 6.45) is 0. The molecular formula is C43H22N4O. The number of carbonyl (C=O) groups excluding carboxylic acids is 1. The minimum absolute atomic E-state index is 0.0166. The molecule has 4 heterocycles. The van der Waals surface area contributed by atoms with Crippen molar-refractivity contribution in [3.05, 3.63) is 145 Å². The lowest BCUT2D eigenvalue weighted by atomic mass is 9.87. The van der Waals surface area contributed by atoms with E-state index in [1.54, 1.807) is 0 Å². The highest BCUT2D eigenvalue weighted by Crippen LogP contribution is 2.48. The molecule has 11 aromatic rings. The average Bonchev–Trinajstić information content (AvgIpc) is 3.78. The van der Waals surface area contributed by atoms with Crippen LogP contribution in [0.15, 0.2) is 133 Å². The van der Waals surface area contributed by atoms with Gasteiger partial charge in [0.15, 0.2) is 5.78 Å². The molecule has 5 nitrogen and oxygen atoms in total. The van der Waals surface area contributed by atoms with Gasteiger partial charge in [0, 0.05) is 59.8 Å². The smallest absolute Gasteiger partial charge is 0.235 e. The van der Waals surface area contributed by atoms with Gasteiger partial charge in [-0.3, -0.25) is 9.36 Å². The van der Waals surface area contributed by atoms with Crippen molar-refractivity contribution in [2.24, 2.45) is 0 Å². The van der Waals surface area contributed by atoms with E-state index >= 15 is 0 Å². The normalized spacial score (nSPS) is 13.0. The van der Waals surface area contributed by atoms with Crippen LogP contribution in [0, 0.1) is 0 Å². The van der Waals surface area contributed by atoms with E-state index in [1.165, 1.54) is 43.5 Å². The Hall–Kier alpha value is -6.59. The first kappa shape index (κ1) is 24.6. The number of hydrogen-bond donors (Lipinski definition) is 0. The van der Waals surface area contributed by atoms with Crippen molar-refractivity contribution in [1.29, 1.82) is 0 Å². The third kappa shape index (κ3) is 2.79. The van der Waals surface area contributed by atoms with Gasteiger partial charge in [-0.2, -0.15) is 0 Å². The summed E-state index contributed by atoms with van der Waals surface area (Å²) in [5.41, 5.74) is 9.48. The number of nitrogens with zero attached hydrogens (tertiary/aromatic N) is 4. The first-order valence-electron chi connectivity index (χ1n) is 16.2. The SMILES string of the molecule is O=C1c2ccccc2-c2nc(-n3c4c5ccccc5ccc4c4cc5c6ccccc6n6c7ccccc7c(c43)c56)nc3cccc1c23. The lowest BCUT2D eigenvalue weighted by molar-refractivity contribution is 0.104. The van der Waals surface area contributed by atoms with E-state index in [-0.39, 0.29) is 5.78 Å². The van der Waals surface area contributed by atoms with Crippen LogP contribution in [0.3, 0.4) is 0 Å². The number of rotatable bonds is 1. The van der Waals surface area contributed by atoms with Crippen molar-refractivity contribution in [2.45, 2.75) is 0 Å². The van der Waals surface area contributed by atoms with Crippen LogP contribution >= 0.6 is 0 Å². The van der Waals surface area contributed by atoms with Crippen LogP contribution in [0.25, 0.3) is 98.8 Å². The van der Waals surface area contributed by atoms with Gasteiger partial charge in [-0.05, 0) is 29.7 Å². The van der Waals surface area contributed by atoms with Gasteiger partial charge in [-0.15, -0.1) is 0 Å². The van der Waals surface area contributed by atoms with Crippen molar-refractivity contribution >= 4 is 87.4 Å². The summed E-state index contributed by atoms with van der Waals surface area (Å²) in [7, 11) is 0. The molecule has 1 aliphatic rings. The molecule has 0 saturated heterocycles. The molecule has 5 heteroatoms. The summed E-state index contributed by atoms with van der Waals surface area (Å²) in [4.78, 5) is 24.4. The van der Waals surface area contributed by atoms with Gasteiger partial charge in [0.05, 0.1) is 38.8 Å². The van der Waals surface area contributed by atoms with E-state index in [0.717, 1.165) is 49.4 Å². The van der Waals surface area contributed by atoms with E-state index in [2.05, 4.69) is 100.0 Å². The maximum absolute atomic E-state index is 13.6. The Kier molecular flexibility index (Phi) is 4.31. The van der Waals surface area contributed by atoms with Gasteiger partial charge in [-0.1, -0.05) is 109 Å². The zero-order chi connectivity index (χ0) is 31.2. The first-order chi connectivity index (χ1) is 23.8. The number of fused-ring (bicyclic) bond motifs is 14. The summed E-state index contributed by atoms with van der Waals surface area (Å²) >= 11 is 0. The molecule has 0 aliphatic heterocycles. The second-order valence-corrected chi connectivity index (χ2v) is 12.9. The Morgan fingerprint density at radius 1 is 0.458 bits per heavy atom. The van der Waals surface area contributed by atoms with E-state index in [9.17, 15) is 4.79 Å². The molecule has 0 N–H and O–H groups in total. The zero-order valence-corrected chi connectivity index (χ0v) is 25.4. The van der Waals surface area contributed by atoms with Gasteiger partial charge >= 0.3 is 0 Å². The fraction of sp³-hybridized carbons (Fsp3) is 0. The third-order valence-electron chi connectivity index (χ3n) is 10.6. The van der Waals surface area contributed by atoms with Crippen molar-refractivity contribution in [3.8, 4) is 17.2 Å². The predicted molar refractivity (Wildman–Crippen MR) is 195 cm³/mol. The van der Waals surface area contributed by atoms with E-state index in [0.29, 0.717) is 17.1 Å². The van der Waals surface area contributed by atoms with E-state index in [4.69, 9.17) is 9.97 Å². The van der Waals surface area contributed by atoms with Crippen molar-refractivity contribution in [1.82, 2.24) is 18.9 Å². The molecule has 0 atom stereocenters. The molecule has 0 spiro atoms. The second kappa shape index (κ2) is 8.41. The first-order valence-corrected chi connectivity index (χ1v) is 16.2. The predicted octanol–water partition coefficient (Wildman–Crippen LogP) is 10.2. The molecular weight excluding hydrogens is 589 g/mol. The zero-order valence-electron chi connectivity index (χ0n) is 25.4. The highest BCUT2D eigenvalue weighted by molar-refractivity contribution is 6.35. The average molecular weight is 611 g/mol. The van der Waals surface area contributed by atoms with E-state index < -0.39 is 0 Å². The van der Waals surface area contributed by atoms with E-state index in [1.807, 2.05) is 42.5 Å². The molecule has 0 saturated carbocycles. The lowest BCUT2D eigenvalue weighted by Gasteiger charge is -2.20. The van der Waals surface area contributed by atoms with Crippen molar-refractivity contribution < 1.29 is 4.79 Å². The molecule has 4 aromatic heterocycles. The Morgan fingerprint density at radius 2 is 1.15 bits per heavy atom. The minimum atomic E-state index is 0.0166. The maximum Gasteiger partial charge on any atom is 0.235 e. The number of ketones is 1. The summed E-state index contributed by atoms with van der Waals surface area (Å²) in [5.74, 6) is 0.612.